The van der Waals surface area contributed by atoms with Gasteiger partial charge in [0.25, 0.3) is 0 Å². The zero-order valence-electron chi connectivity index (χ0n) is 9.71. The third-order valence-corrected chi connectivity index (χ3v) is 3.05. The maximum Gasteiger partial charge on any atom is 0.141 e. The summed E-state index contributed by atoms with van der Waals surface area (Å²) < 4.78 is 39.2. The molecule has 0 saturated carbocycles. The monoisotopic (exact) mass is 286 g/mol. The van der Waals surface area contributed by atoms with Crippen molar-refractivity contribution in [2.24, 2.45) is 0 Å². The molecule has 5 heteroatoms. The zero-order valence-corrected chi connectivity index (χ0v) is 10.5. The highest BCUT2D eigenvalue weighted by Crippen LogP contribution is 2.24. The molecule has 2 aromatic carbocycles. The first kappa shape index (κ1) is 13.9. The first-order chi connectivity index (χ1) is 8.97. The largest absolute Gasteiger partial charge is 0.388 e. The summed E-state index contributed by atoms with van der Waals surface area (Å²) >= 11 is 5.60. The van der Waals surface area contributed by atoms with Gasteiger partial charge in [0.05, 0.1) is 11.1 Å². The van der Waals surface area contributed by atoms with Crippen LogP contribution in [0.1, 0.15) is 17.2 Å². The number of aliphatic hydroxyl groups excluding tert-OH is 1. The molecule has 19 heavy (non-hydrogen) atoms. The lowest BCUT2D eigenvalue weighted by atomic mass is 10.0. The topological polar surface area (TPSA) is 20.2 Å². The fourth-order valence-corrected chi connectivity index (χ4v) is 1.92. The van der Waals surface area contributed by atoms with Crippen molar-refractivity contribution < 1.29 is 18.3 Å². The summed E-state index contributed by atoms with van der Waals surface area (Å²) in [5.74, 6) is -2.00. The fourth-order valence-electron chi connectivity index (χ4n) is 1.73. The number of hydrogen-bond donors (Lipinski definition) is 1. The Morgan fingerprint density at radius 2 is 1.74 bits per heavy atom. The summed E-state index contributed by atoms with van der Waals surface area (Å²) in [6.45, 7) is 0. The van der Waals surface area contributed by atoms with E-state index in [1.165, 1.54) is 18.2 Å². The van der Waals surface area contributed by atoms with E-state index in [1.807, 2.05) is 0 Å². The molecule has 0 aliphatic rings. The van der Waals surface area contributed by atoms with Crippen molar-refractivity contribution >= 4 is 11.6 Å². The van der Waals surface area contributed by atoms with E-state index in [2.05, 4.69) is 0 Å². The molecule has 1 unspecified atom stereocenters. The van der Waals surface area contributed by atoms with E-state index < -0.39 is 23.6 Å². The number of hydrogen-bond acceptors (Lipinski definition) is 1. The summed E-state index contributed by atoms with van der Waals surface area (Å²) in [5.41, 5.74) is 0.546. The lowest BCUT2D eigenvalue weighted by Crippen LogP contribution is -2.04. The molecule has 0 aromatic heterocycles. The van der Waals surface area contributed by atoms with Crippen LogP contribution in [0.3, 0.4) is 0 Å². The van der Waals surface area contributed by atoms with Gasteiger partial charge in [-0.15, -0.1) is 0 Å². The lowest BCUT2D eigenvalue weighted by Gasteiger charge is -2.12. The smallest absolute Gasteiger partial charge is 0.141 e. The van der Waals surface area contributed by atoms with E-state index in [9.17, 15) is 18.3 Å². The van der Waals surface area contributed by atoms with Gasteiger partial charge in [0.1, 0.15) is 17.5 Å². The molecule has 0 amide bonds. The second kappa shape index (κ2) is 5.63. The van der Waals surface area contributed by atoms with Crippen LogP contribution >= 0.6 is 11.6 Å². The minimum atomic E-state index is -1.04. The zero-order chi connectivity index (χ0) is 14.0. The molecular formula is C14H10ClF3O. The molecule has 0 radical (unpaired) electrons. The summed E-state index contributed by atoms with van der Waals surface area (Å²) in [5, 5.41) is 9.83. The van der Waals surface area contributed by atoms with E-state index in [1.54, 1.807) is 0 Å². The Labute approximate surface area is 113 Å². The molecule has 1 atom stereocenters. The summed E-state index contributed by atoms with van der Waals surface area (Å²) in [4.78, 5) is 0. The van der Waals surface area contributed by atoms with Crippen molar-refractivity contribution in [3.63, 3.8) is 0 Å². The molecule has 0 saturated heterocycles. The molecule has 0 bridgehead atoms. The molecule has 1 nitrogen and oxygen atoms in total. The third kappa shape index (κ3) is 3.28. The quantitative estimate of drug-likeness (QED) is 0.903. The van der Waals surface area contributed by atoms with Gasteiger partial charge in [0.2, 0.25) is 0 Å². The van der Waals surface area contributed by atoms with Crippen LogP contribution in [0, 0.1) is 17.5 Å². The average Bonchev–Trinajstić information content (AvgIpc) is 2.36. The predicted octanol–water partition coefficient (Wildman–Crippen LogP) is 4.03. The summed E-state index contributed by atoms with van der Waals surface area (Å²) in [7, 11) is 0. The van der Waals surface area contributed by atoms with E-state index >= 15 is 0 Å². The van der Waals surface area contributed by atoms with Crippen LogP contribution in [-0.2, 0) is 6.42 Å². The minimum absolute atomic E-state index is 0.0475. The van der Waals surface area contributed by atoms with Crippen LogP contribution in [0.2, 0.25) is 5.02 Å². The summed E-state index contributed by atoms with van der Waals surface area (Å²) in [6, 6.07) is 6.90. The van der Waals surface area contributed by atoms with E-state index in [-0.39, 0.29) is 17.0 Å². The molecule has 0 aliphatic heterocycles. The second-order valence-electron chi connectivity index (χ2n) is 4.13. The molecule has 0 fully saturated rings. The van der Waals surface area contributed by atoms with Crippen LogP contribution in [0.15, 0.2) is 36.4 Å². The Morgan fingerprint density at radius 3 is 2.37 bits per heavy atom. The minimum Gasteiger partial charge on any atom is -0.388 e. The van der Waals surface area contributed by atoms with Gasteiger partial charge < -0.3 is 5.11 Å². The van der Waals surface area contributed by atoms with Gasteiger partial charge in [0, 0.05) is 12.5 Å². The Kier molecular flexibility index (Phi) is 4.12. The molecule has 2 rings (SSSR count). The average molecular weight is 287 g/mol. The molecule has 2 aromatic rings. The van der Waals surface area contributed by atoms with Crippen LogP contribution in [0.25, 0.3) is 0 Å². The van der Waals surface area contributed by atoms with Gasteiger partial charge in [-0.05, 0) is 29.3 Å². The Balaban J connectivity index is 2.20. The Bertz CT molecular complexity index is 601. The van der Waals surface area contributed by atoms with Crippen LogP contribution in [-0.4, -0.2) is 5.11 Å². The van der Waals surface area contributed by atoms with Crippen molar-refractivity contribution in [1.82, 2.24) is 0 Å². The first-order valence-electron chi connectivity index (χ1n) is 5.54. The third-order valence-electron chi connectivity index (χ3n) is 2.76. The maximum absolute atomic E-state index is 13.4. The molecular weight excluding hydrogens is 277 g/mol. The highest BCUT2D eigenvalue weighted by atomic mass is 35.5. The molecule has 100 valence electrons. The number of rotatable bonds is 3. The highest BCUT2D eigenvalue weighted by molar-refractivity contribution is 6.30. The normalized spacial score (nSPS) is 12.5. The fraction of sp³-hybridized carbons (Fsp3) is 0.143. The summed E-state index contributed by atoms with van der Waals surface area (Å²) in [6.07, 6.45) is -1.09. The second-order valence-corrected chi connectivity index (χ2v) is 4.54. The maximum atomic E-state index is 13.4. The van der Waals surface area contributed by atoms with Crippen molar-refractivity contribution in [1.29, 1.82) is 0 Å². The highest BCUT2D eigenvalue weighted by Gasteiger charge is 2.13. The van der Waals surface area contributed by atoms with Crippen LogP contribution < -0.4 is 0 Å². The predicted molar refractivity (Wildman–Crippen MR) is 66.4 cm³/mol. The van der Waals surface area contributed by atoms with Gasteiger partial charge >= 0.3 is 0 Å². The van der Waals surface area contributed by atoms with E-state index in [0.29, 0.717) is 5.56 Å². The number of benzene rings is 2. The van der Waals surface area contributed by atoms with Crippen molar-refractivity contribution in [3.8, 4) is 0 Å². The van der Waals surface area contributed by atoms with Gasteiger partial charge in [-0.3, -0.25) is 0 Å². The van der Waals surface area contributed by atoms with Crippen molar-refractivity contribution in [2.75, 3.05) is 0 Å². The molecule has 1 N–H and O–H groups in total. The number of aliphatic hydroxyl groups is 1. The van der Waals surface area contributed by atoms with Crippen molar-refractivity contribution in [2.45, 2.75) is 12.5 Å². The Morgan fingerprint density at radius 1 is 1.00 bits per heavy atom. The van der Waals surface area contributed by atoms with E-state index in [4.69, 9.17) is 11.6 Å². The molecule has 0 heterocycles. The standard InChI is InChI=1S/C14H10ClF3O/c15-11-5-9(2-4-12(11)17)14(19)6-8-1-3-10(16)7-13(8)18/h1-5,7,14,19H,6H2. The van der Waals surface area contributed by atoms with Gasteiger partial charge in [0.15, 0.2) is 0 Å². The van der Waals surface area contributed by atoms with Crippen LogP contribution in [0.5, 0.6) is 0 Å². The van der Waals surface area contributed by atoms with Gasteiger partial charge in [-0.25, -0.2) is 13.2 Å². The SMILES string of the molecule is OC(Cc1ccc(F)cc1F)c1ccc(F)c(Cl)c1. The first-order valence-corrected chi connectivity index (χ1v) is 5.92. The van der Waals surface area contributed by atoms with Crippen LogP contribution in [0.4, 0.5) is 13.2 Å². The van der Waals surface area contributed by atoms with Gasteiger partial charge in [-0.1, -0.05) is 23.7 Å². The molecule has 0 aliphatic carbocycles. The van der Waals surface area contributed by atoms with E-state index in [0.717, 1.165) is 18.2 Å². The van der Waals surface area contributed by atoms with Gasteiger partial charge in [-0.2, -0.15) is 0 Å². The Hall–Kier alpha value is -1.52. The molecule has 0 spiro atoms. The number of halogens is 4. The lowest BCUT2D eigenvalue weighted by molar-refractivity contribution is 0.177. The van der Waals surface area contributed by atoms with Crippen molar-refractivity contribution in [3.05, 3.63) is 70.0 Å².